The van der Waals surface area contributed by atoms with Crippen molar-refractivity contribution in [3.05, 3.63) is 53.4 Å². The van der Waals surface area contributed by atoms with E-state index in [1.165, 1.54) is 6.92 Å². The van der Waals surface area contributed by atoms with E-state index in [0.29, 0.717) is 46.1 Å². The van der Waals surface area contributed by atoms with Crippen LogP contribution in [0.25, 0.3) is 11.3 Å². The minimum Gasteiger partial charge on any atom is -0.486 e. The highest BCUT2D eigenvalue weighted by molar-refractivity contribution is 7.18. The lowest BCUT2D eigenvalue weighted by Gasteiger charge is -2.22. The number of carbonyl (C=O) groups is 3. The zero-order valence-corrected chi connectivity index (χ0v) is 18.7. The van der Waals surface area contributed by atoms with Crippen LogP contribution >= 0.6 is 11.3 Å². The molecule has 0 bridgehead atoms. The summed E-state index contributed by atoms with van der Waals surface area (Å²) in [5, 5.41) is 3.15. The normalized spacial score (nSPS) is 17.2. The molecule has 0 radical (unpaired) electrons. The number of anilines is 2. The van der Waals surface area contributed by atoms with Crippen LogP contribution in [-0.4, -0.2) is 42.3 Å². The van der Waals surface area contributed by atoms with Gasteiger partial charge in [0.05, 0.1) is 16.5 Å². The summed E-state index contributed by atoms with van der Waals surface area (Å²) in [6.45, 7) is 2.68. The van der Waals surface area contributed by atoms with Crippen LogP contribution in [0.15, 0.2) is 48.5 Å². The number of nitrogens with zero attached hydrogens (tertiary/aromatic N) is 2. The third-order valence-corrected chi connectivity index (χ3v) is 6.63. The molecule has 8 nitrogen and oxygen atoms in total. The lowest BCUT2D eigenvalue weighted by Crippen LogP contribution is -2.28. The first kappa shape index (κ1) is 21.1. The smallest absolute Gasteiger partial charge is 0.231 e. The number of hydrogen-bond donors (Lipinski definition) is 1. The maximum absolute atomic E-state index is 12.9. The van der Waals surface area contributed by atoms with Crippen molar-refractivity contribution in [1.82, 2.24) is 4.98 Å². The van der Waals surface area contributed by atoms with Crippen molar-refractivity contribution < 1.29 is 23.9 Å². The first-order valence-electron chi connectivity index (χ1n) is 10.6. The molecule has 2 aromatic carbocycles. The van der Waals surface area contributed by atoms with Crippen LogP contribution in [0.4, 0.5) is 10.8 Å². The Kier molecular flexibility index (Phi) is 5.55. The monoisotopic (exact) mass is 463 g/mol. The maximum Gasteiger partial charge on any atom is 0.231 e. The van der Waals surface area contributed by atoms with Gasteiger partial charge in [0.15, 0.2) is 22.4 Å². The third-order valence-electron chi connectivity index (χ3n) is 5.56. The van der Waals surface area contributed by atoms with Crippen LogP contribution in [0.5, 0.6) is 11.5 Å². The highest BCUT2D eigenvalue weighted by Gasteiger charge is 2.36. The van der Waals surface area contributed by atoms with Gasteiger partial charge in [0.1, 0.15) is 13.2 Å². The van der Waals surface area contributed by atoms with Gasteiger partial charge in [0.25, 0.3) is 0 Å². The highest BCUT2D eigenvalue weighted by Crippen LogP contribution is 2.36. The van der Waals surface area contributed by atoms with Crippen molar-refractivity contribution in [3.63, 3.8) is 0 Å². The lowest BCUT2D eigenvalue weighted by molar-refractivity contribution is -0.122. The van der Waals surface area contributed by atoms with Crippen molar-refractivity contribution in [1.29, 1.82) is 0 Å². The molecule has 3 aromatic rings. The molecule has 2 aliphatic rings. The van der Waals surface area contributed by atoms with Gasteiger partial charge in [-0.05, 0) is 12.1 Å². The number of nitrogens with one attached hydrogen (secondary N) is 1. The summed E-state index contributed by atoms with van der Waals surface area (Å²) in [5.74, 6) is 0.146. The third kappa shape index (κ3) is 4.19. The number of ether oxygens (including phenoxy) is 2. The Labute approximate surface area is 194 Å². The van der Waals surface area contributed by atoms with Gasteiger partial charge < -0.3 is 19.7 Å². The molecule has 1 N–H and O–H groups in total. The van der Waals surface area contributed by atoms with E-state index in [1.54, 1.807) is 23.1 Å². The fourth-order valence-corrected chi connectivity index (χ4v) is 4.83. The Morgan fingerprint density at radius 2 is 1.85 bits per heavy atom. The minimum absolute atomic E-state index is 0.0940. The van der Waals surface area contributed by atoms with Gasteiger partial charge in [-0.1, -0.05) is 41.7 Å². The molecule has 168 valence electrons. The number of hydrogen-bond acceptors (Lipinski definition) is 7. The van der Waals surface area contributed by atoms with Gasteiger partial charge in [0, 0.05) is 37.2 Å². The summed E-state index contributed by atoms with van der Waals surface area (Å²) in [5.41, 5.74) is 2.02. The molecule has 1 fully saturated rings. The molecule has 1 saturated heterocycles. The zero-order chi connectivity index (χ0) is 22.9. The molecule has 3 heterocycles. The van der Waals surface area contributed by atoms with Crippen LogP contribution < -0.4 is 19.7 Å². The Morgan fingerprint density at radius 3 is 2.61 bits per heavy atom. The lowest BCUT2D eigenvalue weighted by atomic mass is 10.1. The van der Waals surface area contributed by atoms with Gasteiger partial charge in [-0.2, -0.15) is 0 Å². The predicted molar refractivity (Wildman–Crippen MR) is 124 cm³/mol. The fourth-order valence-electron chi connectivity index (χ4n) is 3.94. The van der Waals surface area contributed by atoms with Gasteiger partial charge >= 0.3 is 0 Å². The van der Waals surface area contributed by atoms with Crippen LogP contribution in [0, 0.1) is 5.92 Å². The van der Waals surface area contributed by atoms with E-state index in [4.69, 9.17) is 9.47 Å². The summed E-state index contributed by atoms with van der Waals surface area (Å²) in [6.07, 6.45) is 0.0940. The largest absolute Gasteiger partial charge is 0.486 e. The van der Waals surface area contributed by atoms with Gasteiger partial charge in [0.2, 0.25) is 11.8 Å². The minimum atomic E-state index is -0.532. The molecule has 0 spiro atoms. The number of thiazole rings is 1. The second kappa shape index (κ2) is 8.67. The molecule has 2 aliphatic heterocycles. The molecular weight excluding hydrogens is 442 g/mol. The summed E-state index contributed by atoms with van der Waals surface area (Å²) in [7, 11) is 0. The number of ketones is 1. The molecule has 2 amide bonds. The van der Waals surface area contributed by atoms with Crippen LogP contribution in [-0.2, 0) is 9.59 Å². The maximum atomic E-state index is 12.9. The molecule has 5 rings (SSSR count). The standard InChI is InChI=1S/C24H21N3O5S/c1-14(28)22-21(15-5-3-2-4-6-15)25-24(33-22)26-23(30)16-11-20(29)27(13-16)17-7-8-18-19(12-17)32-10-9-31-18/h2-8,12,16H,9-11,13H2,1H3,(H,25,26,30)/t16-/m1/s1. The number of aromatic nitrogens is 1. The SMILES string of the molecule is CC(=O)c1sc(NC(=O)[C@@H]2CC(=O)N(c3ccc4c(c3)OCCO4)C2)nc1-c1ccccc1. The zero-order valence-electron chi connectivity index (χ0n) is 17.9. The molecule has 9 heteroatoms. The first-order valence-corrected chi connectivity index (χ1v) is 11.4. The topological polar surface area (TPSA) is 97.8 Å². The number of fused-ring (bicyclic) bond motifs is 1. The number of Topliss-reactive ketones (excluding diaryl/α,β-unsaturated/α-hetero) is 1. The summed E-state index contributed by atoms with van der Waals surface area (Å²) >= 11 is 1.14. The quantitative estimate of drug-likeness (QED) is 0.579. The Balaban J connectivity index is 1.32. The van der Waals surface area contributed by atoms with Crippen LogP contribution in [0.1, 0.15) is 23.0 Å². The highest BCUT2D eigenvalue weighted by atomic mass is 32.1. The van der Waals surface area contributed by atoms with Gasteiger partial charge in [-0.3, -0.25) is 14.4 Å². The van der Waals surface area contributed by atoms with Crippen molar-refractivity contribution in [3.8, 4) is 22.8 Å². The van der Waals surface area contributed by atoms with Crippen molar-refractivity contribution in [2.45, 2.75) is 13.3 Å². The van der Waals surface area contributed by atoms with E-state index in [-0.39, 0.29) is 30.6 Å². The second-order valence-corrected chi connectivity index (χ2v) is 8.84. The molecular formula is C24H21N3O5S. The Hall–Kier alpha value is -3.72. The van der Waals surface area contributed by atoms with Crippen LogP contribution in [0.3, 0.4) is 0 Å². The predicted octanol–water partition coefficient (Wildman–Crippen LogP) is 3.78. The van der Waals surface area contributed by atoms with E-state index >= 15 is 0 Å². The summed E-state index contributed by atoms with van der Waals surface area (Å²) < 4.78 is 11.1. The average Bonchev–Trinajstić information content (AvgIpc) is 3.43. The second-order valence-electron chi connectivity index (χ2n) is 7.84. The van der Waals surface area contributed by atoms with Crippen molar-refractivity contribution >= 4 is 39.8 Å². The molecule has 33 heavy (non-hydrogen) atoms. The number of rotatable bonds is 5. The van der Waals surface area contributed by atoms with Gasteiger partial charge in [-0.25, -0.2) is 4.98 Å². The van der Waals surface area contributed by atoms with E-state index in [2.05, 4.69) is 10.3 Å². The Bertz CT molecular complexity index is 1240. The van der Waals surface area contributed by atoms with Crippen LogP contribution in [0.2, 0.25) is 0 Å². The van der Waals surface area contributed by atoms with Gasteiger partial charge in [-0.15, -0.1) is 0 Å². The van der Waals surface area contributed by atoms with E-state index in [9.17, 15) is 14.4 Å². The Morgan fingerprint density at radius 1 is 1.09 bits per heavy atom. The summed E-state index contributed by atoms with van der Waals surface area (Å²) in [6, 6.07) is 14.7. The summed E-state index contributed by atoms with van der Waals surface area (Å²) in [4.78, 5) is 44.3. The number of carbonyl (C=O) groups excluding carboxylic acids is 3. The average molecular weight is 464 g/mol. The van der Waals surface area contributed by atoms with E-state index in [1.807, 2.05) is 30.3 Å². The molecule has 0 unspecified atom stereocenters. The molecule has 0 saturated carbocycles. The first-order chi connectivity index (χ1) is 16.0. The van der Waals surface area contributed by atoms with E-state index < -0.39 is 5.92 Å². The van der Waals surface area contributed by atoms with Crippen molar-refractivity contribution in [2.75, 3.05) is 30.0 Å². The molecule has 1 aromatic heterocycles. The van der Waals surface area contributed by atoms with E-state index in [0.717, 1.165) is 16.9 Å². The fraction of sp³-hybridized carbons (Fsp3) is 0.250. The number of benzene rings is 2. The number of amides is 2. The molecule has 0 aliphatic carbocycles. The molecule has 1 atom stereocenters. The van der Waals surface area contributed by atoms with Crippen molar-refractivity contribution in [2.24, 2.45) is 5.92 Å².